The first-order valence-electron chi connectivity index (χ1n) is 9.87. The first-order valence-corrected chi connectivity index (χ1v) is 9.87. The fraction of sp³-hybridized carbons (Fsp3) is 0.385. The van der Waals surface area contributed by atoms with Crippen LogP contribution in [0.2, 0.25) is 0 Å². The average Bonchev–Trinajstić information content (AvgIpc) is 2.65. The minimum Gasteiger partial charge on any atom is -0.115 e. The summed E-state index contributed by atoms with van der Waals surface area (Å²) < 4.78 is 0. The minimum absolute atomic E-state index is 0.993. The van der Waals surface area contributed by atoms with E-state index in [9.17, 15) is 0 Å². The summed E-state index contributed by atoms with van der Waals surface area (Å²) in [6.07, 6.45) is 14.9. The van der Waals surface area contributed by atoms with Gasteiger partial charge < -0.3 is 0 Å². The largest absolute Gasteiger partial charge is 0.115 e. The Morgan fingerprint density at radius 3 is 2.27 bits per heavy atom. The van der Waals surface area contributed by atoms with Gasteiger partial charge in [0.1, 0.15) is 0 Å². The summed E-state index contributed by atoms with van der Waals surface area (Å²) in [5.74, 6) is 9.32. The Hall–Kier alpha value is -2.44. The highest BCUT2D eigenvalue weighted by atomic mass is 14.0. The Bertz CT molecular complexity index is 776. The van der Waals surface area contributed by atoms with Gasteiger partial charge in [0.2, 0.25) is 0 Å². The molecule has 0 unspecified atom stereocenters. The molecule has 0 N–H and O–H groups in total. The van der Waals surface area contributed by atoms with Gasteiger partial charge in [-0.15, -0.1) is 6.42 Å². The molecule has 2 aromatic carbocycles. The van der Waals surface area contributed by atoms with Gasteiger partial charge in [-0.1, -0.05) is 68.2 Å². The van der Waals surface area contributed by atoms with E-state index in [0.29, 0.717) is 0 Å². The molecule has 0 radical (unpaired) electrons. The monoisotopic (exact) mass is 342 g/mol. The van der Waals surface area contributed by atoms with Crippen LogP contribution in [0.1, 0.15) is 73.3 Å². The Morgan fingerprint density at radius 2 is 1.58 bits per heavy atom. The summed E-state index contributed by atoms with van der Waals surface area (Å²) in [6, 6.07) is 15.1. The van der Waals surface area contributed by atoms with Crippen LogP contribution < -0.4 is 0 Å². The van der Waals surface area contributed by atoms with Crippen LogP contribution in [0.25, 0.3) is 0 Å². The quantitative estimate of drug-likeness (QED) is 0.381. The number of aryl methyl sites for hydroxylation is 3. The molecule has 2 rings (SSSR count). The third kappa shape index (κ3) is 6.82. The third-order valence-electron chi connectivity index (χ3n) is 4.69. The van der Waals surface area contributed by atoms with Crippen molar-refractivity contribution in [3.05, 3.63) is 70.3 Å². The maximum absolute atomic E-state index is 5.48. The molecule has 0 aliphatic rings. The van der Waals surface area contributed by atoms with Gasteiger partial charge in [-0.2, -0.15) is 0 Å². The molecular weight excluding hydrogens is 312 g/mol. The van der Waals surface area contributed by atoms with Crippen LogP contribution in [-0.4, -0.2) is 0 Å². The van der Waals surface area contributed by atoms with E-state index in [-0.39, 0.29) is 0 Å². The molecule has 0 bridgehead atoms. The highest BCUT2D eigenvalue weighted by Gasteiger charge is 1.98. The molecule has 0 saturated heterocycles. The van der Waals surface area contributed by atoms with Crippen molar-refractivity contribution in [2.24, 2.45) is 0 Å². The van der Waals surface area contributed by atoms with Gasteiger partial charge in [0.05, 0.1) is 0 Å². The molecule has 0 aromatic heterocycles. The fourth-order valence-electron chi connectivity index (χ4n) is 3.15. The molecule has 0 aliphatic carbocycles. The maximum Gasteiger partial charge on any atom is 0.0271 e. The van der Waals surface area contributed by atoms with Gasteiger partial charge in [-0.3, -0.25) is 0 Å². The molecule has 0 atom stereocenters. The molecule has 0 nitrogen and oxygen atoms in total. The molecule has 0 heterocycles. The molecule has 134 valence electrons. The number of rotatable bonds is 8. The summed E-state index contributed by atoms with van der Waals surface area (Å²) in [5.41, 5.74) is 6.15. The highest BCUT2D eigenvalue weighted by Crippen LogP contribution is 2.14. The van der Waals surface area contributed by atoms with E-state index in [4.69, 9.17) is 6.42 Å². The lowest BCUT2D eigenvalue weighted by molar-refractivity contribution is 0.650. The average molecular weight is 343 g/mol. The lowest BCUT2D eigenvalue weighted by Crippen LogP contribution is -1.89. The predicted octanol–water partition coefficient (Wildman–Crippen LogP) is 6.47. The molecule has 0 amide bonds. The Kier molecular flexibility index (Phi) is 8.59. The van der Waals surface area contributed by atoms with Crippen molar-refractivity contribution in [3.63, 3.8) is 0 Å². The van der Waals surface area contributed by atoms with Crippen LogP contribution in [0.5, 0.6) is 0 Å². The van der Waals surface area contributed by atoms with Crippen LogP contribution in [0, 0.1) is 31.1 Å². The van der Waals surface area contributed by atoms with Crippen molar-refractivity contribution in [1.82, 2.24) is 0 Å². The van der Waals surface area contributed by atoms with Gasteiger partial charge in [-0.25, -0.2) is 0 Å². The first kappa shape index (κ1) is 19.9. The van der Waals surface area contributed by atoms with Gasteiger partial charge >= 0.3 is 0 Å². The van der Waals surface area contributed by atoms with E-state index in [1.807, 2.05) is 0 Å². The van der Waals surface area contributed by atoms with Crippen molar-refractivity contribution in [1.29, 1.82) is 0 Å². The van der Waals surface area contributed by atoms with Crippen molar-refractivity contribution in [3.8, 4) is 24.2 Å². The molecule has 0 saturated carbocycles. The first-order chi connectivity index (χ1) is 12.7. The van der Waals surface area contributed by atoms with E-state index in [2.05, 4.69) is 74.1 Å². The van der Waals surface area contributed by atoms with Crippen molar-refractivity contribution < 1.29 is 0 Å². The smallest absolute Gasteiger partial charge is 0.0271 e. The van der Waals surface area contributed by atoms with Gasteiger partial charge in [0.15, 0.2) is 0 Å². The van der Waals surface area contributed by atoms with E-state index in [1.165, 1.54) is 48.8 Å². The summed E-state index contributed by atoms with van der Waals surface area (Å²) in [6.45, 7) is 4.30. The van der Waals surface area contributed by atoms with Gasteiger partial charge in [0.25, 0.3) is 0 Å². The summed E-state index contributed by atoms with van der Waals surface area (Å²) in [5, 5.41) is 0. The Labute approximate surface area is 160 Å². The summed E-state index contributed by atoms with van der Waals surface area (Å²) in [7, 11) is 0. The van der Waals surface area contributed by atoms with Crippen LogP contribution in [0.4, 0.5) is 0 Å². The molecule has 2 aromatic rings. The second-order valence-electron chi connectivity index (χ2n) is 6.96. The van der Waals surface area contributed by atoms with Crippen LogP contribution in [0.3, 0.4) is 0 Å². The van der Waals surface area contributed by atoms with Gasteiger partial charge in [-0.05, 0) is 67.5 Å². The number of terminal acetylenes is 1. The maximum atomic E-state index is 5.48. The molecule has 0 spiro atoms. The van der Waals surface area contributed by atoms with Crippen molar-refractivity contribution >= 4 is 0 Å². The Morgan fingerprint density at radius 1 is 0.846 bits per heavy atom. The normalized spacial score (nSPS) is 10.0. The lowest BCUT2D eigenvalue weighted by atomic mass is 10.0. The molecule has 0 aliphatic heterocycles. The predicted molar refractivity (Wildman–Crippen MR) is 113 cm³/mol. The molecule has 0 fully saturated rings. The number of hydrogen-bond donors (Lipinski definition) is 0. The highest BCUT2D eigenvalue weighted by molar-refractivity contribution is 5.41. The van der Waals surface area contributed by atoms with E-state index < -0.39 is 0 Å². The zero-order valence-corrected chi connectivity index (χ0v) is 16.3. The van der Waals surface area contributed by atoms with E-state index in [1.54, 1.807) is 0 Å². The van der Waals surface area contributed by atoms with Crippen molar-refractivity contribution in [2.75, 3.05) is 0 Å². The van der Waals surface area contributed by atoms with Crippen LogP contribution in [0.15, 0.2) is 42.5 Å². The second-order valence-corrected chi connectivity index (χ2v) is 6.96. The van der Waals surface area contributed by atoms with Crippen LogP contribution >= 0.6 is 0 Å². The standard InChI is InChI=1S/C26H30/c1-4-12-23-15-17-24(18-16-23)13-10-8-6-7-9-11-14-25-19-20-26(5-2)22(3)21-25/h2,15-21H,4,6-9,11-12,14H2,1,3H3. The SMILES string of the molecule is C#Cc1ccc(CCCCCCC#Cc2ccc(CCC)cc2)cc1C. The molecule has 0 heteroatoms. The van der Waals surface area contributed by atoms with Crippen LogP contribution in [-0.2, 0) is 12.8 Å². The molecule has 26 heavy (non-hydrogen) atoms. The number of hydrogen-bond acceptors (Lipinski definition) is 0. The Balaban J connectivity index is 1.61. The van der Waals surface area contributed by atoms with E-state index in [0.717, 1.165) is 30.4 Å². The third-order valence-corrected chi connectivity index (χ3v) is 4.69. The zero-order valence-electron chi connectivity index (χ0n) is 16.3. The lowest BCUT2D eigenvalue weighted by Gasteiger charge is -2.04. The molecular formula is C26H30. The van der Waals surface area contributed by atoms with Crippen molar-refractivity contribution in [2.45, 2.75) is 65.2 Å². The van der Waals surface area contributed by atoms with E-state index >= 15 is 0 Å². The van der Waals surface area contributed by atoms with Gasteiger partial charge in [0, 0.05) is 17.5 Å². The fourth-order valence-corrected chi connectivity index (χ4v) is 3.15. The summed E-state index contributed by atoms with van der Waals surface area (Å²) in [4.78, 5) is 0. The topological polar surface area (TPSA) is 0 Å². The summed E-state index contributed by atoms with van der Waals surface area (Å²) >= 11 is 0. The second kappa shape index (κ2) is 11.2. The number of unbranched alkanes of at least 4 members (excludes halogenated alkanes) is 4. The minimum atomic E-state index is 0.993. The number of benzene rings is 2. The zero-order chi connectivity index (χ0) is 18.6.